The molecular formula is C18H24N4OS. The van der Waals surface area contributed by atoms with Gasteiger partial charge in [-0.2, -0.15) is 0 Å². The molecule has 0 unspecified atom stereocenters. The average molecular weight is 344 g/mol. The Kier molecular flexibility index (Phi) is 4.58. The summed E-state index contributed by atoms with van der Waals surface area (Å²) < 4.78 is 0. The van der Waals surface area contributed by atoms with Gasteiger partial charge in [-0.1, -0.05) is 69.4 Å². The summed E-state index contributed by atoms with van der Waals surface area (Å²) in [4.78, 5) is 14.4. The highest BCUT2D eigenvalue weighted by Gasteiger charge is 2.39. The molecular weight excluding hydrogens is 320 g/mol. The van der Waals surface area contributed by atoms with Crippen LogP contribution in [0.5, 0.6) is 0 Å². The molecule has 128 valence electrons. The van der Waals surface area contributed by atoms with Crippen molar-refractivity contribution in [2.75, 3.05) is 6.54 Å². The second kappa shape index (κ2) is 6.51. The van der Waals surface area contributed by atoms with Crippen molar-refractivity contribution < 1.29 is 4.79 Å². The van der Waals surface area contributed by atoms with Crippen LogP contribution >= 0.6 is 11.3 Å². The summed E-state index contributed by atoms with van der Waals surface area (Å²) in [5, 5.41) is 13.2. The summed E-state index contributed by atoms with van der Waals surface area (Å²) in [6.45, 7) is 9.74. The van der Waals surface area contributed by atoms with Crippen LogP contribution in [0.4, 0.5) is 4.79 Å². The number of benzene rings is 1. The predicted octanol–water partition coefficient (Wildman–Crippen LogP) is 3.74. The second-order valence-electron chi connectivity index (χ2n) is 7.39. The Balaban J connectivity index is 1.60. The Morgan fingerprint density at radius 1 is 1.29 bits per heavy atom. The van der Waals surface area contributed by atoms with Gasteiger partial charge in [-0.05, 0) is 11.5 Å². The summed E-state index contributed by atoms with van der Waals surface area (Å²) in [5.41, 5.74) is 1.18. The fourth-order valence-corrected chi connectivity index (χ4v) is 3.78. The number of nitrogens with zero attached hydrogens (tertiary/aromatic N) is 3. The van der Waals surface area contributed by atoms with Crippen molar-refractivity contribution >= 4 is 17.4 Å². The third-order valence-corrected chi connectivity index (χ3v) is 5.61. The Hall–Kier alpha value is -1.95. The highest BCUT2D eigenvalue weighted by atomic mass is 32.1. The fraction of sp³-hybridized carbons (Fsp3) is 0.500. The molecule has 2 heterocycles. The second-order valence-corrected chi connectivity index (χ2v) is 8.46. The molecule has 1 N–H and O–H groups in total. The molecule has 24 heavy (non-hydrogen) atoms. The maximum absolute atomic E-state index is 12.5. The van der Waals surface area contributed by atoms with Crippen LogP contribution in [0.25, 0.3) is 0 Å². The van der Waals surface area contributed by atoms with Crippen LogP contribution < -0.4 is 5.32 Å². The van der Waals surface area contributed by atoms with Gasteiger partial charge >= 0.3 is 6.03 Å². The van der Waals surface area contributed by atoms with Crippen LogP contribution in [-0.4, -0.2) is 27.7 Å². The third kappa shape index (κ3) is 3.43. The molecule has 5 nitrogen and oxygen atoms in total. The molecule has 3 rings (SSSR count). The number of carbonyl (C=O) groups excluding carboxylic acids is 1. The van der Waals surface area contributed by atoms with Crippen LogP contribution in [0.1, 0.15) is 49.3 Å². The first-order valence-corrected chi connectivity index (χ1v) is 9.10. The lowest BCUT2D eigenvalue weighted by Crippen LogP contribution is -2.54. The van der Waals surface area contributed by atoms with E-state index in [-0.39, 0.29) is 17.5 Å². The van der Waals surface area contributed by atoms with Gasteiger partial charge < -0.3 is 10.2 Å². The zero-order chi connectivity index (χ0) is 17.3. The molecule has 0 saturated carbocycles. The highest BCUT2D eigenvalue weighted by Crippen LogP contribution is 2.38. The monoisotopic (exact) mass is 344 g/mol. The van der Waals surface area contributed by atoms with E-state index in [2.05, 4.69) is 55.3 Å². The number of hydrogen-bond acceptors (Lipinski definition) is 4. The maximum atomic E-state index is 12.5. The van der Waals surface area contributed by atoms with Crippen molar-refractivity contribution in [1.29, 1.82) is 0 Å². The van der Waals surface area contributed by atoms with Crippen molar-refractivity contribution in [3.63, 3.8) is 0 Å². The fourth-order valence-electron chi connectivity index (χ4n) is 2.94. The topological polar surface area (TPSA) is 58.1 Å². The molecule has 2 amide bonds. The third-order valence-electron chi connectivity index (χ3n) is 4.26. The molecule has 1 aromatic heterocycles. The number of aromatic nitrogens is 2. The van der Waals surface area contributed by atoms with Gasteiger partial charge in [0.15, 0.2) is 0 Å². The molecule has 1 aliphatic heterocycles. The van der Waals surface area contributed by atoms with E-state index in [1.165, 1.54) is 5.56 Å². The molecule has 0 bridgehead atoms. The van der Waals surface area contributed by atoms with Crippen LogP contribution in [0.15, 0.2) is 30.3 Å². The van der Waals surface area contributed by atoms with Crippen molar-refractivity contribution in [3.05, 3.63) is 45.9 Å². The van der Waals surface area contributed by atoms with Gasteiger partial charge in [-0.25, -0.2) is 4.79 Å². The molecule has 1 aromatic carbocycles. The Labute approximate surface area is 147 Å². The predicted molar refractivity (Wildman–Crippen MR) is 95.9 cm³/mol. The molecule has 0 spiro atoms. The quantitative estimate of drug-likeness (QED) is 0.923. The Morgan fingerprint density at radius 2 is 2.00 bits per heavy atom. The smallest absolute Gasteiger partial charge is 0.318 e. The van der Waals surface area contributed by atoms with Gasteiger partial charge in [-0.3, -0.25) is 0 Å². The Bertz CT molecular complexity index is 707. The molecule has 6 heteroatoms. The lowest BCUT2D eigenvalue weighted by Gasteiger charge is -2.46. The standard InChI is InChI=1S/C18H24N4OS/c1-12-11-22(15(12)13-8-6-5-7-9-13)17(23)19-10-14-20-21-16(24-14)18(2,3)4/h5-9,12,15H,10-11H2,1-4H3,(H,19,23)/t12-,15+/m0/s1. The van der Waals surface area contributed by atoms with Gasteiger partial charge in [0, 0.05) is 12.0 Å². The van der Waals surface area contributed by atoms with E-state index in [1.54, 1.807) is 11.3 Å². The molecule has 2 atom stereocenters. The first-order valence-electron chi connectivity index (χ1n) is 8.28. The maximum Gasteiger partial charge on any atom is 0.318 e. The van der Waals surface area contributed by atoms with E-state index in [1.807, 2.05) is 23.1 Å². The van der Waals surface area contributed by atoms with E-state index in [0.717, 1.165) is 16.6 Å². The van der Waals surface area contributed by atoms with Crippen molar-refractivity contribution in [2.24, 2.45) is 5.92 Å². The van der Waals surface area contributed by atoms with Crippen molar-refractivity contribution in [3.8, 4) is 0 Å². The molecule has 1 saturated heterocycles. The van der Waals surface area contributed by atoms with Gasteiger partial charge in [0.05, 0.1) is 12.6 Å². The molecule has 0 radical (unpaired) electrons. The average Bonchev–Trinajstić information content (AvgIpc) is 3.00. The van der Waals surface area contributed by atoms with Gasteiger partial charge in [-0.15, -0.1) is 10.2 Å². The van der Waals surface area contributed by atoms with E-state index in [4.69, 9.17) is 0 Å². The number of rotatable bonds is 3. The minimum absolute atomic E-state index is 0.00870. The lowest BCUT2D eigenvalue weighted by atomic mass is 9.85. The summed E-state index contributed by atoms with van der Waals surface area (Å²) in [7, 11) is 0. The minimum Gasteiger partial charge on any atom is -0.331 e. The van der Waals surface area contributed by atoms with Gasteiger partial charge in [0.2, 0.25) is 0 Å². The minimum atomic E-state index is -0.0329. The summed E-state index contributed by atoms with van der Waals surface area (Å²) in [6.07, 6.45) is 0. The molecule has 2 aromatic rings. The summed E-state index contributed by atoms with van der Waals surface area (Å²) in [5.74, 6) is 0.479. The number of carbonyl (C=O) groups is 1. The number of urea groups is 1. The number of hydrogen-bond donors (Lipinski definition) is 1. The van der Waals surface area contributed by atoms with Crippen LogP contribution in [0, 0.1) is 5.92 Å². The normalized spacial score (nSPS) is 20.6. The first kappa shape index (κ1) is 16.9. The van der Waals surface area contributed by atoms with Crippen molar-refractivity contribution in [2.45, 2.75) is 45.7 Å². The van der Waals surface area contributed by atoms with Crippen LogP contribution in [-0.2, 0) is 12.0 Å². The van der Waals surface area contributed by atoms with E-state index in [0.29, 0.717) is 12.5 Å². The Morgan fingerprint density at radius 3 is 2.58 bits per heavy atom. The molecule has 1 fully saturated rings. The summed E-state index contributed by atoms with van der Waals surface area (Å²) >= 11 is 1.56. The van der Waals surface area contributed by atoms with Gasteiger partial charge in [0.25, 0.3) is 0 Å². The van der Waals surface area contributed by atoms with E-state index < -0.39 is 0 Å². The zero-order valence-electron chi connectivity index (χ0n) is 14.6. The number of amides is 2. The van der Waals surface area contributed by atoms with Crippen LogP contribution in [0.2, 0.25) is 0 Å². The van der Waals surface area contributed by atoms with E-state index >= 15 is 0 Å². The largest absolute Gasteiger partial charge is 0.331 e. The first-order chi connectivity index (χ1) is 11.4. The lowest BCUT2D eigenvalue weighted by molar-refractivity contribution is 0.0590. The van der Waals surface area contributed by atoms with Crippen LogP contribution in [0.3, 0.4) is 0 Å². The summed E-state index contributed by atoms with van der Waals surface area (Å²) in [6, 6.07) is 10.3. The SMILES string of the molecule is C[C@H]1CN(C(=O)NCc2nnc(C(C)(C)C)s2)[C@H]1c1ccccc1. The van der Waals surface area contributed by atoms with E-state index in [9.17, 15) is 4.79 Å². The number of likely N-dealkylation sites (tertiary alicyclic amines) is 1. The zero-order valence-corrected chi connectivity index (χ0v) is 15.4. The van der Waals surface area contributed by atoms with Gasteiger partial charge in [0.1, 0.15) is 10.0 Å². The number of nitrogens with one attached hydrogen (secondary N) is 1. The van der Waals surface area contributed by atoms with Crippen molar-refractivity contribution in [1.82, 2.24) is 20.4 Å². The highest BCUT2D eigenvalue weighted by molar-refractivity contribution is 7.11. The molecule has 0 aliphatic carbocycles. The molecule has 1 aliphatic rings.